The van der Waals surface area contributed by atoms with E-state index in [0.29, 0.717) is 0 Å². The molecule has 0 aromatic carbocycles. The molecule has 3 fully saturated rings. The summed E-state index contributed by atoms with van der Waals surface area (Å²) in [6, 6.07) is 0.915. The average Bonchev–Trinajstić information content (AvgIpc) is 3.46. The Morgan fingerprint density at radius 3 is 2.73 bits per heavy atom. The van der Waals surface area contributed by atoms with Gasteiger partial charge in [-0.15, -0.1) is 0 Å². The second-order valence-electron chi connectivity index (χ2n) is 7.13. The second-order valence-corrected chi connectivity index (χ2v) is 7.13. The minimum atomic E-state index is 0.779. The number of ether oxygens (including phenoxy) is 1. The molecule has 0 aromatic heterocycles. The van der Waals surface area contributed by atoms with Crippen LogP contribution in [0.3, 0.4) is 0 Å². The lowest BCUT2D eigenvalue weighted by Gasteiger charge is -2.17. The molecular weight excluding hydrogens is 276 g/mol. The highest BCUT2D eigenvalue weighted by molar-refractivity contribution is 5.79. The van der Waals surface area contributed by atoms with Crippen LogP contribution in [0.15, 0.2) is 4.99 Å². The van der Waals surface area contributed by atoms with Crippen molar-refractivity contribution in [1.29, 1.82) is 0 Å². The summed E-state index contributed by atoms with van der Waals surface area (Å²) >= 11 is 0. The largest absolute Gasteiger partial charge is 0.381 e. The number of aliphatic imine (C=N–C) groups is 1. The van der Waals surface area contributed by atoms with Gasteiger partial charge in [0.25, 0.3) is 0 Å². The van der Waals surface area contributed by atoms with E-state index in [4.69, 9.17) is 4.74 Å². The SMILES string of the molecule is CN=C(NCCCOCC1CC1)NCC1CCN(C2CC2)C1. The Morgan fingerprint density at radius 2 is 2.00 bits per heavy atom. The maximum Gasteiger partial charge on any atom is 0.190 e. The highest BCUT2D eigenvalue weighted by atomic mass is 16.5. The number of hydrogen-bond acceptors (Lipinski definition) is 3. The van der Waals surface area contributed by atoms with Gasteiger partial charge in [0.05, 0.1) is 0 Å². The molecule has 3 rings (SSSR count). The first-order valence-corrected chi connectivity index (χ1v) is 9.11. The van der Waals surface area contributed by atoms with E-state index in [0.717, 1.165) is 56.6 Å². The van der Waals surface area contributed by atoms with Crippen LogP contribution in [0.5, 0.6) is 0 Å². The van der Waals surface area contributed by atoms with Crippen molar-refractivity contribution in [2.75, 3.05) is 46.4 Å². The van der Waals surface area contributed by atoms with Crippen LogP contribution < -0.4 is 10.6 Å². The van der Waals surface area contributed by atoms with E-state index in [-0.39, 0.29) is 0 Å². The van der Waals surface area contributed by atoms with E-state index in [1.54, 1.807) is 0 Å². The van der Waals surface area contributed by atoms with Crippen LogP contribution in [0, 0.1) is 11.8 Å². The molecule has 0 amide bonds. The Kier molecular flexibility index (Phi) is 5.96. The fourth-order valence-electron chi connectivity index (χ4n) is 3.18. The van der Waals surface area contributed by atoms with Crippen LogP contribution >= 0.6 is 0 Å². The normalized spacial score (nSPS) is 26.4. The zero-order valence-electron chi connectivity index (χ0n) is 14.0. The third-order valence-corrected chi connectivity index (χ3v) is 4.97. The Bertz CT molecular complexity index is 366. The number of rotatable bonds is 9. The molecule has 22 heavy (non-hydrogen) atoms. The number of hydrogen-bond donors (Lipinski definition) is 2. The van der Waals surface area contributed by atoms with E-state index < -0.39 is 0 Å². The first-order valence-electron chi connectivity index (χ1n) is 9.11. The highest BCUT2D eigenvalue weighted by Crippen LogP contribution is 2.31. The summed E-state index contributed by atoms with van der Waals surface area (Å²) in [6.45, 7) is 6.36. The van der Waals surface area contributed by atoms with Gasteiger partial charge in [0.15, 0.2) is 5.96 Å². The lowest BCUT2D eigenvalue weighted by atomic mass is 10.1. The molecule has 5 nitrogen and oxygen atoms in total. The first kappa shape index (κ1) is 16.1. The Morgan fingerprint density at radius 1 is 1.14 bits per heavy atom. The molecule has 5 heteroatoms. The average molecular weight is 308 g/mol. The maximum absolute atomic E-state index is 5.65. The number of nitrogens with one attached hydrogen (secondary N) is 2. The van der Waals surface area contributed by atoms with E-state index >= 15 is 0 Å². The van der Waals surface area contributed by atoms with Crippen LogP contribution in [0.25, 0.3) is 0 Å². The van der Waals surface area contributed by atoms with Gasteiger partial charge in [-0.1, -0.05) is 0 Å². The third-order valence-electron chi connectivity index (χ3n) is 4.97. The van der Waals surface area contributed by atoms with E-state index in [2.05, 4.69) is 20.5 Å². The second kappa shape index (κ2) is 8.16. The monoisotopic (exact) mass is 308 g/mol. The molecule has 0 radical (unpaired) electrons. The quantitative estimate of drug-likeness (QED) is 0.385. The van der Waals surface area contributed by atoms with Crippen molar-refractivity contribution >= 4 is 5.96 Å². The van der Waals surface area contributed by atoms with Crippen molar-refractivity contribution in [3.05, 3.63) is 0 Å². The molecule has 2 aliphatic carbocycles. The van der Waals surface area contributed by atoms with Gasteiger partial charge >= 0.3 is 0 Å². The van der Waals surface area contributed by atoms with E-state index in [1.807, 2.05) is 7.05 Å². The summed E-state index contributed by atoms with van der Waals surface area (Å²) in [4.78, 5) is 6.98. The third kappa shape index (κ3) is 5.43. The smallest absolute Gasteiger partial charge is 0.190 e. The molecule has 1 aliphatic heterocycles. The van der Waals surface area contributed by atoms with Gasteiger partial charge < -0.3 is 20.3 Å². The van der Waals surface area contributed by atoms with Gasteiger partial charge in [0.2, 0.25) is 0 Å². The molecule has 1 heterocycles. The van der Waals surface area contributed by atoms with Crippen molar-refractivity contribution in [2.45, 2.75) is 44.6 Å². The highest BCUT2D eigenvalue weighted by Gasteiger charge is 2.34. The maximum atomic E-state index is 5.65. The van der Waals surface area contributed by atoms with Crippen molar-refractivity contribution in [3.8, 4) is 0 Å². The zero-order chi connectivity index (χ0) is 15.2. The lowest BCUT2D eigenvalue weighted by molar-refractivity contribution is 0.123. The van der Waals surface area contributed by atoms with Gasteiger partial charge in [-0.3, -0.25) is 4.99 Å². The predicted octanol–water partition coefficient (Wildman–Crippen LogP) is 1.45. The fourth-order valence-corrected chi connectivity index (χ4v) is 3.18. The van der Waals surface area contributed by atoms with Crippen molar-refractivity contribution in [3.63, 3.8) is 0 Å². The van der Waals surface area contributed by atoms with Gasteiger partial charge in [-0.2, -0.15) is 0 Å². The number of likely N-dealkylation sites (tertiary alicyclic amines) is 1. The van der Waals surface area contributed by atoms with Gasteiger partial charge in [-0.25, -0.2) is 0 Å². The molecule has 1 unspecified atom stereocenters. The summed E-state index contributed by atoms with van der Waals surface area (Å²) in [7, 11) is 1.85. The summed E-state index contributed by atoms with van der Waals surface area (Å²) in [5.41, 5.74) is 0. The Labute approximate surface area is 134 Å². The summed E-state index contributed by atoms with van der Waals surface area (Å²) < 4.78 is 5.65. The molecule has 126 valence electrons. The van der Waals surface area contributed by atoms with E-state index in [9.17, 15) is 0 Å². The topological polar surface area (TPSA) is 48.9 Å². The van der Waals surface area contributed by atoms with Crippen LogP contribution in [-0.2, 0) is 4.74 Å². The molecule has 2 N–H and O–H groups in total. The van der Waals surface area contributed by atoms with Crippen LogP contribution in [0.2, 0.25) is 0 Å². The minimum absolute atomic E-state index is 0.779. The number of nitrogens with zero attached hydrogens (tertiary/aromatic N) is 2. The molecular formula is C17H32N4O. The molecule has 0 aromatic rings. The Hall–Kier alpha value is -0.810. The Balaban J connectivity index is 1.21. The van der Waals surface area contributed by atoms with Crippen LogP contribution in [0.1, 0.15) is 38.5 Å². The van der Waals surface area contributed by atoms with E-state index in [1.165, 1.54) is 45.2 Å². The number of guanidine groups is 1. The fraction of sp³-hybridized carbons (Fsp3) is 0.941. The molecule has 1 saturated heterocycles. The summed E-state index contributed by atoms with van der Waals surface area (Å²) in [5.74, 6) is 2.58. The van der Waals surface area contributed by atoms with Crippen molar-refractivity contribution < 1.29 is 4.74 Å². The molecule has 0 bridgehead atoms. The van der Waals surface area contributed by atoms with Crippen LogP contribution in [-0.4, -0.2) is 63.3 Å². The standard InChI is InChI=1S/C17H32N4O/c1-18-17(19-8-2-10-22-13-14-3-4-14)20-11-15-7-9-21(12-15)16-5-6-16/h14-16H,2-13H2,1H3,(H2,18,19,20). The molecule has 0 spiro atoms. The molecule has 3 aliphatic rings. The van der Waals surface area contributed by atoms with Crippen LogP contribution in [0.4, 0.5) is 0 Å². The van der Waals surface area contributed by atoms with Gasteiger partial charge in [0.1, 0.15) is 0 Å². The van der Waals surface area contributed by atoms with Crippen molar-refractivity contribution in [2.24, 2.45) is 16.8 Å². The first-order chi connectivity index (χ1) is 10.8. The van der Waals surface area contributed by atoms with Gasteiger partial charge in [-0.05, 0) is 56.9 Å². The van der Waals surface area contributed by atoms with Crippen molar-refractivity contribution in [1.82, 2.24) is 15.5 Å². The lowest BCUT2D eigenvalue weighted by Crippen LogP contribution is -2.40. The van der Waals surface area contributed by atoms with Gasteiger partial charge in [0, 0.05) is 45.9 Å². The zero-order valence-corrected chi connectivity index (χ0v) is 14.0. The summed E-state index contributed by atoms with van der Waals surface area (Å²) in [5, 5.41) is 6.87. The minimum Gasteiger partial charge on any atom is -0.381 e. The summed E-state index contributed by atoms with van der Waals surface area (Å²) in [6.07, 6.45) is 7.96. The molecule has 1 atom stereocenters. The predicted molar refractivity (Wildman–Crippen MR) is 90.2 cm³/mol. The molecule has 2 saturated carbocycles.